The first-order chi connectivity index (χ1) is 62.9. The van der Waals surface area contributed by atoms with E-state index in [-0.39, 0.29) is 73.9 Å². The van der Waals surface area contributed by atoms with Crippen LogP contribution >= 0.6 is 0 Å². The normalized spacial score (nSPS) is 18.9. The van der Waals surface area contributed by atoms with Crippen LogP contribution < -0.4 is 94.7 Å². The topological polar surface area (TPSA) is 250 Å². The van der Waals surface area contributed by atoms with Gasteiger partial charge < -0.3 is 104 Å². The molecule has 8 aromatic rings. The smallest absolute Gasteiger partial charge is 0.203 e. The van der Waals surface area contributed by atoms with E-state index < -0.39 is 24.3 Å². The van der Waals surface area contributed by atoms with Gasteiger partial charge >= 0.3 is 0 Å². The highest BCUT2D eigenvalue weighted by molar-refractivity contribution is 5.82. The molecule has 0 saturated carbocycles. The van der Waals surface area contributed by atoms with Crippen molar-refractivity contribution >= 4 is 11.6 Å². The summed E-state index contributed by atoms with van der Waals surface area (Å²) in [5, 5.41) is 0. The number of carbonyl (C=O) groups excluding carboxylic acids is 2. The predicted octanol–water partition coefficient (Wildman–Crippen LogP) is 15.7. The minimum atomic E-state index is -0.596. The number of allylic oxidation sites excluding steroid dienone is 2. The van der Waals surface area contributed by atoms with E-state index in [0.29, 0.717) is 192 Å². The number of methoxy groups -OCH3 is 20. The lowest BCUT2D eigenvalue weighted by Crippen LogP contribution is -2.46. The molecule has 0 aliphatic carbocycles. The Morgan fingerprint density at radius 3 is 0.700 bits per heavy atom. The first-order valence-electron chi connectivity index (χ1n) is 43.9. The summed E-state index contributed by atoms with van der Waals surface area (Å²) in [6.07, 6.45) is 9.41. The number of rotatable bonds is 46. The van der Waals surface area contributed by atoms with E-state index >= 15 is 9.59 Å². The van der Waals surface area contributed by atoms with Gasteiger partial charge in [0.2, 0.25) is 23.0 Å². The first-order valence-corrected chi connectivity index (χ1v) is 43.9. The molecule has 8 aromatic carbocycles. The third kappa shape index (κ3) is 21.1. The molecule has 10 unspecified atom stereocenters. The Kier molecular flexibility index (Phi) is 33.8. The maximum atomic E-state index is 15.8. The van der Waals surface area contributed by atoms with Crippen LogP contribution in [-0.4, -0.2) is 239 Å². The van der Waals surface area contributed by atoms with E-state index in [0.717, 1.165) is 66.8 Å². The van der Waals surface area contributed by atoms with Gasteiger partial charge in [0.25, 0.3) is 0 Å². The van der Waals surface area contributed by atoms with Gasteiger partial charge in [0.1, 0.15) is 24.0 Å². The molecule has 12 rings (SSSR count). The SMILES string of the molecule is COc1cc2c(cc1OC)C(Cc1cc(OC)c(OC)c(OC)c1)N(C)C(CC(COC1Cc3cc(OC)c(OC)cc3C(Cc3cc(OC)c(OC)c(OC)c3)N1C)C(=O)CC/C=C/CCC(=O)C(COC1Cc3cc(OC)c(OC)cc3C(Cc3cc(OC)c(OC)c(OC)c3)N1C)CC1Cc3cc(OC)c(OC)cc3C(Cc3cc(OC)c(OC)c(OC)c3)N1C)C2. The van der Waals surface area contributed by atoms with Crippen molar-refractivity contribution in [3.8, 4) is 115 Å². The Morgan fingerprint density at radius 2 is 0.485 bits per heavy atom. The molecule has 0 N–H and O–H groups in total. The van der Waals surface area contributed by atoms with Crippen molar-refractivity contribution in [2.24, 2.45) is 11.8 Å². The Hall–Kier alpha value is -11.4. The van der Waals surface area contributed by atoms with Gasteiger partial charge in [-0.1, -0.05) is 12.2 Å². The van der Waals surface area contributed by atoms with Gasteiger partial charge in [0.05, 0.1) is 155 Å². The highest BCUT2D eigenvalue weighted by Gasteiger charge is 2.43. The third-order valence-electron chi connectivity index (χ3n) is 26.6. The highest BCUT2D eigenvalue weighted by atomic mass is 16.6. The van der Waals surface area contributed by atoms with Gasteiger partial charge in [0.15, 0.2) is 92.0 Å². The largest absolute Gasteiger partial charge is 0.493 e. The fourth-order valence-electron chi connectivity index (χ4n) is 19.5. The summed E-state index contributed by atoms with van der Waals surface area (Å²) in [6.45, 7) is 0.204. The number of benzene rings is 8. The second-order valence-electron chi connectivity index (χ2n) is 33.3. The van der Waals surface area contributed by atoms with Gasteiger partial charge in [-0.3, -0.25) is 29.2 Å². The Labute approximate surface area is 766 Å². The molecule has 0 fully saturated rings. The summed E-state index contributed by atoms with van der Waals surface area (Å²) >= 11 is 0. The first kappa shape index (κ1) is 97.7. The zero-order valence-electron chi connectivity index (χ0n) is 80.1. The number of ether oxygens (including phenoxy) is 22. The van der Waals surface area contributed by atoms with E-state index in [1.54, 1.807) is 142 Å². The molecular weight excluding hydrogens is 1670 g/mol. The lowest BCUT2D eigenvalue weighted by atomic mass is 9.81. The minimum Gasteiger partial charge on any atom is -0.493 e. The molecule has 4 aliphatic rings. The van der Waals surface area contributed by atoms with Crippen molar-refractivity contribution in [2.45, 2.75) is 139 Å². The average molecular weight is 1800 g/mol. The van der Waals surface area contributed by atoms with Crippen molar-refractivity contribution in [3.63, 3.8) is 0 Å². The summed E-state index contributed by atoms with van der Waals surface area (Å²) in [7, 11) is 40.8. The molecule has 28 nitrogen and oxygen atoms in total. The maximum absolute atomic E-state index is 15.8. The van der Waals surface area contributed by atoms with Gasteiger partial charge in [-0.25, -0.2) is 0 Å². The van der Waals surface area contributed by atoms with Crippen molar-refractivity contribution in [3.05, 3.63) is 176 Å². The molecular formula is C102H132N4O24. The lowest BCUT2D eigenvalue weighted by Gasteiger charge is -2.43. The minimum absolute atomic E-state index is 0.0428. The molecule has 0 amide bonds. The standard InChI is InChI=1S/C102H132N4O24/c1-103-69(43-63-47-81(109-5)85(113-9)53-71(63)75(103)31-59-35-89(117-13)99(125-21)90(36-59)118-14)45-67(57-129-97-51-65-49-83(111-7)87(115-11)55-73(65)77(105(97)3)33-61-39-93(121-17)101(127-23)94(40-61)122-18)79(107)29-27-25-26-28-30-80(108)68(46-70-44-64-48-82(110-6)86(114-10)54-72(64)76(104(70)2)32-60-37-91(119-15)100(126-22)92(38-60)120-16)58-130-98-52-66-50-84(112-8)88(116-12)56-74(66)78(106(98)4)34-62-41-95(123-19)102(128-24)96(42-62)124-20/h25-26,35-42,47-50,53-56,67-70,75-78,97-98H,27-34,43-46,51-52,57-58H2,1-24H3/b26-25+. The molecule has 10 atom stereocenters. The maximum Gasteiger partial charge on any atom is 0.203 e. The number of ketones is 2. The zero-order valence-corrected chi connectivity index (χ0v) is 80.1. The summed E-state index contributed by atoms with van der Waals surface area (Å²) in [4.78, 5) is 40.9. The van der Waals surface area contributed by atoms with Crippen LogP contribution in [0.3, 0.4) is 0 Å². The molecule has 130 heavy (non-hydrogen) atoms. The molecule has 4 heterocycles. The molecule has 704 valence electrons. The number of fused-ring (bicyclic) bond motifs is 4. The van der Waals surface area contributed by atoms with Gasteiger partial charge in [0, 0.05) is 73.8 Å². The molecule has 0 saturated heterocycles. The number of carbonyl (C=O) groups is 2. The molecule has 4 aliphatic heterocycles. The summed E-state index contributed by atoms with van der Waals surface area (Å²) < 4.78 is 133. The second kappa shape index (κ2) is 44.9. The van der Waals surface area contributed by atoms with Gasteiger partial charge in [-0.15, -0.1) is 0 Å². The summed E-state index contributed by atoms with van der Waals surface area (Å²) in [5.74, 6) is 9.92. The molecule has 0 radical (unpaired) electrons. The molecule has 0 aromatic heterocycles. The Morgan fingerprint density at radius 1 is 0.277 bits per heavy atom. The number of hydrogen-bond donors (Lipinski definition) is 0. The quantitative estimate of drug-likeness (QED) is 0.0321. The van der Waals surface area contributed by atoms with E-state index in [9.17, 15) is 0 Å². The van der Waals surface area contributed by atoms with Crippen LogP contribution in [0.1, 0.15) is 129 Å². The number of hydrogen-bond acceptors (Lipinski definition) is 28. The van der Waals surface area contributed by atoms with E-state index in [4.69, 9.17) is 104 Å². The monoisotopic (exact) mass is 1800 g/mol. The Balaban J connectivity index is 0.860. The molecule has 0 bridgehead atoms. The van der Waals surface area contributed by atoms with Gasteiger partial charge in [-0.2, -0.15) is 0 Å². The molecule has 0 spiro atoms. The lowest BCUT2D eigenvalue weighted by molar-refractivity contribution is -0.132. The fourth-order valence-corrected chi connectivity index (χ4v) is 19.5. The van der Waals surface area contributed by atoms with Crippen molar-refractivity contribution < 1.29 is 114 Å². The van der Waals surface area contributed by atoms with Crippen molar-refractivity contribution in [1.29, 1.82) is 0 Å². The Bertz CT molecular complexity index is 4830. The zero-order chi connectivity index (χ0) is 93.3. The summed E-state index contributed by atoms with van der Waals surface area (Å²) in [5.41, 5.74) is 12.1. The van der Waals surface area contributed by atoms with Crippen LogP contribution in [0.2, 0.25) is 0 Å². The van der Waals surface area contributed by atoms with Crippen LogP contribution in [0.15, 0.2) is 109 Å². The summed E-state index contributed by atoms with van der Waals surface area (Å²) in [6, 6.07) is 31.0. The van der Waals surface area contributed by atoms with Crippen LogP contribution in [-0.2, 0) is 70.4 Å². The fraction of sp³-hybridized carbons (Fsp3) is 0.490. The van der Waals surface area contributed by atoms with Crippen molar-refractivity contribution in [2.75, 3.05) is 184 Å². The van der Waals surface area contributed by atoms with E-state index in [1.807, 2.05) is 72.8 Å². The third-order valence-corrected chi connectivity index (χ3v) is 26.6. The number of Topliss-reactive ketones (excluding diaryl/α,β-unsaturated/α-hetero) is 2. The second-order valence-corrected chi connectivity index (χ2v) is 33.3. The van der Waals surface area contributed by atoms with Crippen LogP contribution in [0, 0.1) is 11.8 Å². The van der Waals surface area contributed by atoms with E-state index in [1.165, 1.54) is 0 Å². The van der Waals surface area contributed by atoms with E-state index in [2.05, 4.69) is 84.2 Å². The van der Waals surface area contributed by atoms with Crippen LogP contribution in [0.25, 0.3) is 0 Å². The van der Waals surface area contributed by atoms with Crippen LogP contribution in [0.5, 0.6) is 115 Å². The van der Waals surface area contributed by atoms with Crippen molar-refractivity contribution in [1.82, 2.24) is 19.6 Å². The number of likely N-dealkylation sites (N-methyl/N-ethyl adjacent to an activating group) is 4. The van der Waals surface area contributed by atoms with Crippen LogP contribution in [0.4, 0.5) is 0 Å². The highest BCUT2D eigenvalue weighted by Crippen LogP contribution is 2.52. The predicted molar refractivity (Wildman–Crippen MR) is 495 cm³/mol. The number of nitrogens with zero attached hydrogens (tertiary/aromatic N) is 4. The van der Waals surface area contributed by atoms with Gasteiger partial charge in [-0.05, 0) is 256 Å². The molecule has 28 heteroatoms. The average Bonchev–Trinajstić information content (AvgIpc) is 0.772.